The third kappa shape index (κ3) is 8.91. The highest BCUT2D eigenvalue weighted by atomic mass is 19.4. The fourth-order valence-electron chi connectivity index (χ4n) is 4.46. The summed E-state index contributed by atoms with van der Waals surface area (Å²) in [5.74, 6) is 0.339. The van der Waals surface area contributed by atoms with Crippen molar-refractivity contribution in [3.05, 3.63) is 77.7 Å². The van der Waals surface area contributed by atoms with E-state index in [1.807, 2.05) is 69.4 Å². The molecule has 230 valence electrons. The average Bonchev–Trinajstić information content (AvgIpc) is 3.61. The van der Waals surface area contributed by atoms with Crippen molar-refractivity contribution in [2.45, 2.75) is 39.2 Å². The van der Waals surface area contributed by atoms with E-state index in [1.165, 1.54) is 6.20 Å². The van der Waals surface area contributed by atoms with E-state index in [0.717, 1.165) is 33.5 Å². The number of carbonyl (C=O) groups is 1. The number of alkyl halides is 3. The van der Waals surface area contributed by atoms with E-state index in [2.05, 4.69) is 15.5 Å². The first-order valence-electron chi connectivity index (χ1n) is 13.9. The molecule has 0 bridgehead atoms. The molecule has 9 nitrogen and oxygen atoms in total. The first-order chi connectivity index (χ1) is 20.4. The zero-order valence-electron chi connectivity index (χ0n) is 25.0. The van der Waals surface area contributed by atoms with E-state index >= 15 is 0 Å². The van der Waals surface area contributed by atoms with Gasteiger partial charge in [0.2, 0.25) is 0 Å². The Morgan fingerprint density at radius 2 is 1.81 bits per heavy atom. The fourth-order valence-corrected chi connectivity index (χ4v) is 4.46. The van der Waals surface area contributed by atoms with Crippen LogP contribution in [0.5, 0.6) is 5.75 Å². The van der Waals surface area contributed by atoms with Crippen molar-refractivity contribution in [1.82, 2.24) is 29.8 Å². The number of rotatable bonds is 13. The largest absolute Gasteiger partial charge is 0.492 e. The molecule has 0 spiro atoms. The number of likely N-dealkylation sites (N-methyl/N-ethyl adjacent to an activating group) is 1. The Morgan fingerprint density at radius 1 is 1.05 bits per heavy atom. The van der Waals surface area contributed by atoms with E-state index in [9.17, 15) is 18.0 Å². The van der Waals surface area contributed by atoms with Crippen LogP contribution < -0.4 is 10.1 Å². The van der Waals surface area contributed by atoms with Gasteiger partial charge in [-0.3, -0.25) is 14.2 Å². The average molecular weight is 599 g/mol. The standard InChI is InChI=1S/C31H37F3N6O3/c1-21-6-7-27(43-13-10-38(3)4)17-28(21)30(41)36-22(2)23-14-24(26-18-35-39(19-26)11-12-42-5)16-25(15-23)29-8-9-40(37-29)20-31(32,33)34/h6-9,14-19,22H,10-13,20H2,1-5H3,(H,36,41)/t22-/m1/s1. The third-order valence-electron chi connectivity index (χ3n) is 6.83. The van der Waals surface area contributed by atoms with Crippen LogP contribution in [-0.2, 0) is 17.8 Å². The van der Waals surface area contributed by atoms with Crippen molar-refractivity contribution in [3.8, 4) is 28.1 Å². The van der Waals surface area contributed by atoms with Crippen LogP contribution in [0.25, 0.3) is 22.4 Å². The second-order valence-corrected chi connectivity index (χ2v) is 10.7. The number of halogens is 3. The lowest BCUT2D eigenvalue weighted by Crippen LogP contribution is -2.27. The van der Waals surface area contributed by atoms with Gasteiger partial charge in [0.05, 0.1) is 31.1 Å². The molecule has 4 aromatic rings. The van der Waals surface area contributed by atoms with Crippen LogP contribution in [0.1, 0.15) is 34.5 Å². The van der Waals surface area contributed by atoms with Crippen LogP contribution in [0.15, 0.2) is 61.1 Å². The van der Waals surface area contributed by atoms with Crippen LogP contribution in [0.4, 0.5) is 13.2 Å². The van der Waals surface area contributed by atoms with E-state index in [4.69, 9.17) is 9.47 Å². The van der Waals surface area contributed by atoms with Gasteiger partial charge >= 0.3 is 6.18 Å². The highest BCUT2D eigenvalue weighted by Gasteiger charge is 2.28. The Balaban J connectivity index is 1.62. The van der Waals surface area contributed by atoms with E-state index in [0.29, 0.717) is 42.3 Å². The molecule has 0 aliphatic heterocycles. The number of hydrogen-bond acceptors (Lipinski definition) is 6. The SMILES string of the molecule is COCCn1cc(-c2cc(-c3ccn(CC(F)(F)F)n3)cc([C@@H](C)NC(=O)c3cc(OCCN(C)C)ccc3C)c2)cn1. The molecule has 0 unspecified atom stereocenters. The minimum absolute atomic E-state index is 0.267. The van der Waals surface area contributed by atoms with E-state index in [1.54, 1.807) is 30.1 Å². The second kappa shape index (κ2) is 13.9. The van der Waals surface area contributed by atoms with Gasteiger partial charge in [0.25, 0.3) is 5.91 Å². The third-order valence-corrected chi connectivity index (χ3v) is 6.83. The summed E-state index contributed by atoms with van der Waals surface area (Å²) in [7, 11) is 5.53. The predicted molar refractivity (Wildman–Crippen MR) is 158 cm³/mol. The number of amides is 1. The lowest BCUT2D eigenvalue weighted by Gasteiger charge is -2.18. The molecule has 0 radical (unpaired) electrons. The molecule has 0 fully saturated rings. The van der Waals surface area contributed by atoms with Gasteiger partial charge < -0.3 is 19.7 Å². The Morgan fingerprint density at radius 3 is 2.53 bits per heavy atom. The smallest absolute Gasteiger partial charge is 0.408 e. The molecule has 0 aliphatic carbocycles. The highest BCUT2D eigenvalue weighted by molar-refractivity contribution is 5.96. The Hall–Kier alpha value is -4.16. The number of nitrogens with zero attached hydrogens (tertiary/aromatic N) is 5. The molecular weight excluding hydrogens is 561 g/mol. The molecule has 1 atom stereocenters. The summed E-state index contributed by atoms with van der Waals surface area (Å²) in [5, 5.41) is 11.6. The van der Waals surface area contributed by atoms with Crippen molar-refractivity contribution < 1.29 is 27.4 Å². The summed E-state index contributed by atoms with van der Waals surface area (Å²) in [4.78, 5) is 15.4. The van der Waals surface area contributed by atoms with Gasteiger partial charge in [-0.25, -0.2) is 0 Å². The molecule has 2 aromatic carbocycles. The summed E-state index contributed by atoms with van der Waals surface area (Å²) in [5.41, 5.74) is 4.66. The number of carbonyl (C=O) groups excluding carboxylic acids is 1. The van der Waals surface area contributed by atoms with Crippen LogP contribution in [-0.4, -0.2) is 77.5 Å². The highest BCUT2D eigenvalue weighted by Crippen LogP contribution is 2.31. The summed E-state index contributed by atoms with van der Waals surface area (Å²) in [6, 6.07) is 12.2. The Kier molecular flexibility index (Phi) is 10.3. The Labute approximate surface area is 249 Å². The van der Waals surface area contributed by atoms with Gasteiger partial charge in [-0.05, 0) is 81.0 Å². The van der Waals surface area contributed by atoms with Crippen molar-refractivity contribution in [2.24, 2.45) is 0 Å². The molecule has 0 saturated carbocycles. The predicted octanol–water partition coefficient (Wildman–Crippen LogP) is 5.36. The van der Waals surface area contributed by atoms with Crippen LogP contribution >= 0.6 is 0 Å². The quantitative estimate of drug-likeness (QED) is 0.223. The molecule has 2 aromatic heterocycles. The lowest BCUT2D eigenvalue weighted by molar-refractivity contribution is -0.142. The van der Waals surface area contributed by atoms with Gasteiger partial charge in [-0.1, -0.05) is 6.07 Å². The molecular formula is C31H37F3N6O3. The zero-order chi connectivity index (χ0) is 31.1. The van der Waals surface area contributed by atoms with E-state index < -0.39 is 18.8 Å². The van der Waals surface area contributed by atoms with Crippen molar-refractivity contribution >= 4 is 5.91 Å². The molecule has 1 N–H and O–H groups in total. The van der Waals surface area contributed by atoms with Crippen LogP contribution in [0.3, 0.4) is 0 Å². The van der Waals surface area contributed by atoms with Crippen molar-refractivity contribution in [1.29, 1.82) is 0 Å². The minimum Gasteiger partial charge on any atom is -0.492 e. The Bertz CT molecular complexity index is 1530. The second-order valence-electron chi connectivity index (χ2n) is 10.7. The molecule has 43 heavy (non-hydrogen) atoms. The number of nitrogens with one attached hydrogen (secondary N) is 1. The number of aromatic nitrogens is 4. The van der Waals surface area contributed by atoms with Gasteiger partial charge in [0, 0.05) is 42.7 Å². The van der Waals surface area contributed by atoms with Crippen molar-refractivity contribution in [2.75, 3.05) is 41.0 Å². The number of hydrogen-bond donors (Lipinski definition) is 1. The molecule has 0 saturated heterocycles. The maximum absolute atomic E-state index is 13.4. The summed E-state index contributed by atoms with van der Waals surface area (Å²) in [6.45, 7) is 4.82. The molecule has 4 rings (SSSR count). The maximum atomic E-state index is 13.4. The first-order valence-corrected chi connectivity index (χ1v) is 13.9. The topological polar surface area (TPSA) is 86.4 Å². The summed E-state index contributed by atoms with van der Waals surface area (Å²) in [6.07, 6.45) is 0.506. The molecule has 1 amide bonds. The van der Waals surface area contributed by atoms with Gasteiger partial charge in [0.15, 0.2) is 0 Å². The van der Waals surface area contributed by atoms with Gasteiger partial charge in [0.1, 0.15) is 18.9 Å². The zero-order valence-corrected chi connectivity index (χ0v) is 25.0. The van der Waals surface area contributed by atoms with Gasteiger partial charge in [-0.2, -0.15) is 23.4 Å². The van der Waals surface area contributed by atoms with Crippen LogP contribution in [0, 0.1) is 6.92 Å². The monoisotopic (exact) mass is 598 g/mol. The van der Waals surface area contributed by atoms with Gasteiger partial charge in [-0.15, -0.1) is 0 Å². The number of aryl methyl sites for hydroxylation is 1. The minimum atomic E-state index is -4.39. The van der Waals surface area contributed by atoms with Crippen molar-refractivity contribution in [3.63, 3.8) is 0 Å². The number of ether oxygens (including phenoxy) is 2. The number of benzene rings is 2. The number of methoxy groups -OCH3 is 1. The fraction of sp³-hybridized carbons (Fsp3) is 0.387. The summed E-state index contributed by atoms with van der Waals surface area (Å²) < 4.78 is 52.5. The van der Waals surface area contributed by atoms with E-state index in [-0.39, 0.29) is 5.91 Å². The molecule has 12 heteroatoms. The first kappa shape index (κ1) is 31.8. The molecule has 0 aliphatic rings. The lowest BCUT2D eigenvalue weighted by atomic mass is 9.96. The van der Waals surface area contributed by atoms with Crippen LogP contribution in [0.2, 0.25) is 0 Å². The summed E-state index contributed by atoms with van der Waals surface area (Å²) >= 11 is 0. The normalized spacial score (nSPS) is 12.5. The maximum Gasteiger partial charge on any atom is 0.408 e. The molecule has 2 heterocycles.